The van der Waals surface area contributed by atoms with Gasteiger partial charge < -0.3 is 15.0 Å². The number of carboxylic acids is 1. The predicted octanol–water partition coefficient (Wildman–Crippen LogP) is 1.86. The zero-order valence-electron chi connectivity index (χ0n) is 12.6. The number of aromatic nitrogens is 3. The summed E-state index contributed by atoms with van der Waals surface area (Å²) in [6.45, 7) is 1.32. The van der Waals surface area contributed by atoms with E-state index in [1.807, 2.05) is 5.32 Å². The van der Waals surface area contributed by atoms with Gasteiger partial charge in [0, 0.05) is 31.8 Å². The number of aromatic carboxylic acids is 1. The van der Waals surface area contributed by atoms with Crippen LogP contribution in [-0.4, -0.2) is 37.7 Å². The largest absolute Gasteiger partial charge is 0.478 e. The van der Waals surface area contributed by atoms with E-state index in [4.69, 9.17) is 5.11 Å². The molecule has 0 spiro atoms. The minimum Gasteiger partial charge on any atom is -0.478 e. The highest BCUT2D eigenvalue weighted by atomic mass is 19.4. The molecule has 2 aromatic rings. The average molecular weight is 342 g/mol. The highest BCUT2D eigenvalue weighted by Gasteiger charge is 2.44. The number of halogens is 3. The van der Waals surface area contributed by atoms with E-state index in [0.29, 0.717) is 0 Å². The molecule has 2 aromatic heterocycles. The molecule has 0 saturated heterocycles. The normalized spacial score (nSPS) is 12.7. The fraction of sp³-hybridized carbons (Fsp3) is 0.286. The number of alkyl halides is 3. The first-order chi connectivity index (χ1) is 11.1. The highest BCUT2D eigenvalue weighted by Crippen LogP contribution is 2.32. The van der Waals surface area contributed by atoms with Gasteiger partial charge in [-0.3, -0.25) is 9.78 Å². The second kappa shape index (κ2) is 6.30. The van der Waals surface area contributed by atoms with Gasteiger partial charge >= 0.3 is 12.1 Å². The van der Waals surface area contributed by atoms with Crippen LogP contribution in [0.25, 0.3) is 0 Å². The van der Waals surface area contributed by atoms with E-state index in [1.54, 1.807) is 0 Å². The Hall–Kier alpha value is -2.91. The fourth-order valence-corrected chi connectivity index (χ4v) is 2.13. The van der Waals surface area contributed by atoms with Gasteiger partial charge in [-0.15, -0.1) is 0 Å². The Labute approximate surface area is 134 Å². The molecule has 0 aromatic carbocycles. The van der Waals surface area contributed by atoms with Crippen molar-refractivity contribution in [3.63, 3.8) is 0 Å². The molecule has 0 aliphatic heterocycles. The molecule has 0 aliphatic rings. The molecule has 0 saturated carbocycles. The molecule has 1 atom stereocenters. The Balaban J connectivity index is 2.38. The lowest BCUT2D eigenvalue weighted by molar-refractivity contribution is -0.157. The molecule has 128 valence electrons. The molecule has 0 fully saturated rings. The van der Waals surface area contributed by atoms with E-state index in [2.05, 4.69) is 9.97 Å². The lowest BCUT2D eigenvalue weighted by atomic mass is 10.1. The van der Waals surface area contributed by atoms with Crippen LogP contribution >= 0.6 is 0 Å². The van der Waals surface area contributed by atoms with Gasteiger partial charge in [0.05, 0.1) is 11.1 Å². The van der Waals surface area contributed by atoms with E-state index in [0.717, 1.165) is 17.0 Å². The smallest absolute Gasteiger partial charge is 0.415 e. The van der Waals surface area contributed by atoms with Crippen LogP contribution < -0.4 is 5.32 Å². The topological polar surface area (TPSA) is 97.1 Å². The Bertz CT molecular complexity index is 786. The van der Waals surface area contributed by atoms with Crippen LogP contribution in [0.2, 0.25) is 0 Å². The third-order valence-corrected chi connectivity index (χ3v) is 3.41. The third kappa shape index (κ3) is 3.36. The molecule has 7 nitrogen and oxygen atoms in total. The van der Waals surface area contributed by atoms with Crippen LogP contribution in [0.1, 0.15) is 38.1 Å². The van der Waals surface area contributed by atoms with Gasteiger partial charge in [-0.2, -0.15) is 13.2 Å². The zero-order chi connectivity index (χ0) is 18.1. The van der Waals surface area contributed by atoms with E-state index < -0.39 is 29.9 Å². The standard InChI is InChI=1S/C14H13F3N4O3/c1-7-8(5-18-6-9(7)13(23)24)12(22)20-10(14(15,16)17)11-19-3-4-21(11)2/h3-6,10H,1-2H3,(H,20,22)(H,23,24). The summed E-state index contributed by atoms with van der Waals surface area (Å²) in [5.74, 6) is -2.81. The van der Waals surface area contributed by atoms with Crippen LogP contribution in [0.15, 0.2) is 24.8 Å². The van der Waals surface area contributed by atoms with Gasteiger partial charge in [0.25, 0.3) is 5.91 Å². The maximum absolute atomic E-state index is 13.3. The van der Waals surface area contributed by atoms with Crippen LogP contribution in [-0.2, 0) is 7.05 Å². The van der Waals surface area contributed by atoms with Crippen molar-refractivity contribution in [1.82, 2.24) is 19.9 Å². The van der Waals surface area contributed by atoms with Crippen molar-refractivity contribution in [2.75, 3.05) is 0 Å². The first-order valence-corrected chi connectivity index (χ1v) is 6.65. The van der Waals surface area contributed by atoms with Crippen molar-refractivity contribution >= 4 is 11.9 Å². The molecule has 0 radical (unpaired) electrons. The van der Waals surface area contributed by atoms with E-state index in [-0.39, 0.29) is 16.7 Å². The number of amides is 1. The van der Waals surface area contributed by atoms with Crippen molar-refractivity contribution in [3.8, 4) is 0 Å². The number of rotatable bonds is 4. The summed E-state index contributed by atoms with van der Waals surface area (Å²) in [7, 11) is 1.37. The summed E-state index contributed by atoms with van der Waals surface area (Å²) in [5, 5.41) is 10.8. The SMILES string of the molecule is Cc1c(C(=O)O)cncc1C(=O)NC(c1nccn1C)C(F)(F)F. The molecule has 2 rings (SSSR count). The Morgan fingerprint density at radius 1 is 1.29 bits per heavy atom. The summed E-state index contributed by atoms with van der Waals surface area (Å²) >= 11 is 0. The predicted molar refractivity (Wildman–Crippen MR) is 75.4 cm³/mol. The molecule has 24 heavy (non-hydrogen) atoms. The summed E-state index contributed by atoms with van der Waals surface area (Å²) in [5.41, 5.74) is -0.489. The number of carbonyl (C=O) groups excluding carboxylic acids is 1. The van der Waals surface area contributed by atoms with Crippen LogP contribution in [0.4, 0.5) is 13.2 Å². The summed E-state index contributed by atoms with van der Waals surface area (Å²) in [6, 6.07) is -2.34. The second-order valence-electron chi connectivity index (χ2n) is 5.01. The molecule has 1 amide bonds. The maximum Gasteiger partial charge on any atom is 0.415 e. The first kappa shape index (κ1) is 17.4. The minimum atomic E-state index is -4.78. The number of nitrogens with zero attached hydrogens (tertiary/aromatic N) is 3. The van der Waals surface area contributed by atoms with Crippen molar-refractivity contribution in [1.29, 1.82) is 0 Å². The van der Waals surface area contributed by atoms with E-state index in [1.165, 1.54) is 26.4 Å². The molecule has 0 aliphatic carbocycles. The summed E-state index contributed by atoms with van der Waals surface area (Å²) in [6.07, 6.45) is -0.242. The Morgan fingerprint density at radius 3 is 2.42 bits per heavy atom. The molecular weight excluding hydrogens is 329 g/mol. The van der Waals surface area contributed by atoms with Gasteiger partial charge in [0.2, 0.25) is 0 Å². The van der Waals surface area contributed by atoms with E-state index >= 15 is 0 Å². The average Bonchev–Trinajstić information content (AvgIpc) is 2.89. The van der Waals surface area contributed by atoms with Crippen LogP contribution in [0.5, 0.6) is 0 Å². The number of aryl methyl sites for hydroxylation is 1. The molecule has 10 heteroatoms. The maximum atomic E-state index is 13.3. The highest BCUT2D eigenvalue weighted by molar-refractivity contribution is 5.99. The monoisotopic (exact) mass is 342 g/mol. The summed E-state index contributed by atoms with van der Waals surface area (Å²) in [4.78, 5) is 30.5. The number of imidazole rings is 1. The zero-order valence-corrected chi connectivity index (χ0v) is 12.6. The van der Waals surface area contributed by atoms with Crippen LogP contribution in [0, 0.1) is 6.92 Å². The Kier molecular flexibility index (Phi) is 4.58. The minimum absolute atomic E-state index is 0.0239. The number of hydrogen-bond acceptors (Lipinski definition) is 4. The number of carboxylic acid groups (broad SMARTS) is 1. The molecular formula is C14H13F3N4O3. The van der Waals surface area contributed by atoms with E-state index in [9.17, 15) is 22.8 Å². The number of nitrogens with one attached hydrogen (secondary N) is 1. The van der Waals surface area contributed by atoms with Gasteiger partial charge in [-0.1, -0.05) is 0 Å². The van der Waals surface area contributed by atoms with Gasteiger partial charge in [0.1, 0.15) is 5.82 Å². The number of carbonyl (C=O) groups is 2. The van der Waals surface area contributed by atoms with Crippen molar-refractivity contribution in [2.24, 2.45) is 7.05 Å². The van der Waals surface area contributed by atoms with Crippen molar-refractivity contribution in [3.05, 3.63) is 47.3 Å². The Morgan fingerprint density at radius 2 is 1.92 bits per heavy atom. The molecule has 2 N–H and O–H groups in total. The lowest BCUT2D eigenvalue weighted by Gasteiger charge is -2.21. The first-order valence-electron chi connectivity index (χ1n) is 6.65. The molecule has 2 heterocycles. The quantitative estimate of drug-likeness (QED) is 0.884. The summed E-state index contributed by atoms with van der Waals surface area (Å²) < 4.78 is 40.9. The number of pyridine rings is 1. The van der Waals surface area contributed by atoms with Gasteiger partial charge in [0.15, 0.2) is 6.04 Å². The van der Waals surface area contributed by atoms with Gasteiger partial charge in [-0.05, 0) is 12.5 Å². The lowest BCUT2D eigenvalue weighted by Crippen LogP contribution is -2.40. The van der Waals surface area contributed by atoms with Crippen molar-refractivity contribution < 1.29 is 27.9 Å². The van der Waals surface area contributed by atoms with Crippen LogP contribution in [0.3, 0.4) is 0 Å². The third-order valence-electron chi connectivity index (χ3n) is 3.41. The second-order valence-corrected chi connectivity index (χ2v) is 5.01. The fourth-order valence-electron chi connectivity index (χ4n) is 2.13. The van der Waals surface area contributed by atoms with Crippen molar-refractivity contribution in [2.45, 2.75) is 19.1 Å². The molecule has 0 bridgehead atoms. The molecule has 1 unspecified atom stereocenters. The number of hydrogen-bond donors (Lipinski definition) is 2. The van der Waals surface area contributed by atoms with Gasteiger partial charge in [-0.25, -0.2) is 9.78 Å².